The molecule has 1 heterocycles. The van der Waals surface area contributed by atoms with E-state index in [4.69, 9.17) is 32.4 Å². The van der Waals surface area contributed by atoms with Crippen LogP contribution in [0.2, 0.25) is 10.0 Å². The average molecular weight is 449 g/mol. The Labute approximate surface area is 172 Å². The maximum absolute atomic E-state index is 12.5. The predicted molar refractivity (Wildman–Crippen MR) is 103 cm³/mol. The number of hydrogen-bond acceptors (Lipinski definition) is 6. The summed E-state index contributed by atoms with van der Waals surface area (Å²) in [5, 5.41) is 2.44. The number of furan rings is 1. The molecule has 0 aliphatic rings. The highest BCUT2D eigenvalue weighted by molar-refractivity contribution is 7.89. The Morgan fingerprint density at radius 2 is 1.86 bits per heavy atom. The molecule has 1 aromatic carbocycles. The fraction of sp³-hybridized carbons (Fsp3) is 0.294. The van der Waals surface area contributed by atoms with Crippen molar-refractivity contribution in [3.8, 4) is 0 Å². The third-order valence-electron chi connectivity index (χ3n) is 3.59. The number of halogens is 2. The molecule has 0 saturated carbocycles. The first-order valence-electron chi connectivity index (χ1n) is 8.03. The van der Waals surface area contributed by atoms with Gasteiger partial charge in [-0.15, -0.1) is 0 Å². The molecule has 152 valence electrons. The van der Waals surface area contributed by atoms with Gasteiger partial charge in [-0.05, 0) is 31.2 Å². The maximum atomic E-state index is 12.5. The maximum Gasteiger partial charge on any atom is 0.374 e. The van der Waals surface area contributed by atoms with E-state index in [1.807, 2.05) is 0 Å². The number of nitrogens with zero attached hydrogens (tertiary/aromatic N) is 1. The molecule has 8 nitrogen and oxygen atoms in total. The first-order valence-corrected chi connectivity index (χ1v) is 10.2. The van der Waals surface area contributed by atoms with Crippen LogP contribution in [0.4, 0.5) is 0 Å². The molecule has 2 aromatic rings. The number of benzene rings is 1. The van der Waals surface area contributed by atoms with Crippen molar-refractivity contribution in [3.05, 3.63) is 51.4 Å². The zero-order valence-electron chi connectivity index (χ0n) is 15.3. The molecule has 0 saturated heterocycles. The van der Waals surface area contributed by atoms with Gasteiger partial charge >= 0.3 is 5.97 Å². The van der Waals surface area contributed by atoms with Crippen molar-refractivity contribution in [2.75, 3.05) is 20.7 Å². The lowest BCUT2D eigenvalue weighted by molar-refractivity contribution is 0.0488. The molecule has 0 aliphatic heterocycles. The van der Waals surface area contributed by atoms with E-state index in [0.29, 0.717) is 5.76 Å². The molecule has 0 atom stereocenters. The third-order valence-corrected chi connectivity index (χ3v) is 6.18. The van der Waals surface area contributed by atoms with E-state index in [0.717, 1.165) is 10.4 Å². The summed E-state index contributed by atoms with van der Waals surface area (Å²) >= 11 is 12.0. The highest BCUT2D eigenvalue weighted by Crippen LogP contribution is 2.30. The molecule has 1 aromatic heterocycles. The van der Waals surface area contributed by atoms with Crippen LogP contribution in [0, 0.1) is 0 Å². The molecule has 0 unspecified atom stereocenters. The summed E-state index contributed by atoms with van der Waals surface area (Å²) < 4.78 is 35.8. The highest BCUT2D eigenvalue weighted by atomic mass is 35.5. The van der Waals surface area contributed by atoms with Crippen molar-refractivity contribution in [1.82, 2.24) is 9.62 Å². The zero-order valence-corrected chi connectivity index (χ0v) is 17.6. The van der Waals surface area contributed by atoms with Crippen molar-refractivity contribution in [2.24, 2.45) is 0 Å². The molecule has 2 rings (SSSR count). The molecule has 28 heavy (non-hydrogen) atoms. The molecular formula is C17H18Cl2N2O6S. The number of sulfonamides is 1. The average Bonchev–Trinajstić information content (AvgIpc) is 3.08. The lowest BCUT2D eigenvalue weighted by atomic mass is 10.2. The van der Waals surface area contributed by atoms with Crippen molar-refractivity contribution < 1.29 is 27.2 Å². The standard InChI is InChI=1S/C17H18Cl2N2O6S/c1-4-26-17(23)14-6-5-10(27-14)9-20-16(22)11-7-15(13(19)8-12(11)18)28(24,25)21(2)3/h5-8H,4,9H2,1-3H3,(H,20,22). The van der Waals surface area contributed by atoms with Crippen molar-refractivity contribution in [3.63, 3.8) is 0 Å². The van der Waals surface area contributed by atoms with Crippen LogP contribution >= 0.6 is 23.2 Å². The number of hydrogen-bond donors (Lipinski definition) is 1. The van der Waals surface area contributed by atoms with Crippen LogP contribution < -0.4 is 5.32 Å². The summed E-state index contributed by atoms with van der Waals surface area (Å²) in [6.45, 7) is 1.83. The molecule has 0 radical (unpaired) electrons. The predicted octanol–water partition coefficient (Wildman–Crippen LogP) is 2.94. The number of rotatable bonds is 7. The quantitative estimate of drug-likeness (QED) is 0.652. The Balaban J connectivity index is 2.20. The summed E-state index contributed by atoms with van der Waals surface area (Å²) in [6.07, 6.45) is 0. The first-order chi connectivity index (χ1) is 13.1. The van der Waals surface area contributed by atoms with E-state index >= 15 is 0 Å². The van der Waals surface area contributed by atoms with Gasteiger partial charge in [0.05, 0.1) is 28.8 Å². The number of nitrogens with one attached hydrogen (secondary N) is 1. The smallest absolute Gasteiger partial charge is 0.374 e. The van der Waals surface area contributed by atoms with Gasteiger partial charge in [-0.1, -0.05) is 23.2 Å². The molecule has 11 heteroatoms. The monoisotopic (exact) mass is 448 g/mol. The van der Waals surface area contributed by atoms with Crippen molar-refractivity contribution in [1.29, 1.82) is 0 Å². The van der Waals surface area contributed by atoms with Crippen LogP contribution in [-0.2, 0) is 21.3 Å². The Bertz CT molecular complexity index is 1000. The molecule has 0 aliphatic carbocycles. The molecule has 0 spiro atoms. The lowest BCUT2D eigenvalue weighted by Crippen LogP contribution is -2.25. The number of carbonyl (C=O) groups excluding carboxylic acids is 2. The fourth-order valence-corrected chi connectivity index (χ4v) is 3.87. The Morgan fingerprint density at radius 3 is 2.46 bits per heavy atom. The molecule has 1 N–H and O–H groups in total. The molecule has 1 amide bonds. The first kappa shape index (κ1) is 22.2. The van der Waals surface area contributed by atoms with Crippen LogP contribution in [0.1, 0.15) is 33.6 Å². The minimum absolute atomic E-state index is 0.00753. The van der Waals surface area contributed by atoms with Gasteiger partial charge in [0.15, 0.2) is 0 Å². The number of esters is 1. The van der Waals surface area contributed by atoms with Crippen molar-refractivity contribution in [2.45, 2.75) is 18.4 Å². The molecule has 0 fully saturated rings. The van der Waals surface area contributed by atoms with Gasteiger partial charge in [-0.3, -0.25) is 4.79 Å². The van der Waals surface area contributed by atoms with Gasteiger partial charge in [-0.2, -0.15) is 0 Å². The van der Waals surface area contributed by atoms with Crippen LogP contribution in [0.5, 0.6) is 0 Å². The van der Waals surface area contributed by atoms with Crippen LogP contribution in [0.15, 0.2) is 33.6 Å². The summed E-state index contributed by atoms with van der Waals surface area (Å²) in [5.41, 5.74) is -0.0661. The van der Waals surface area contributed by atoms with Gasteiger partial charge in [-0.25, -0.2) is 17.5 Å². The second-order valence-corrected chi connectivity index (χ2v) is 8.65. The summed E-state index contributed by atoms with van der Waals surface area (Å²) in [7, 11) is -1.18. The second-order valence-electron chi connectivity index (χ2n) is 5.72. The number of carbonyl (C=O) groups is 2. The Kier molecular flexibility index (Phi) is 7.11. The Hall–Kier alpha value is -2.07. The van der Waals surface area contributed by atoms with E-state index in [9.17, 15) is 18.0 Å². The van der Waals surface area contributed by atoms with Gasteiger partial charge in [0.1, 0.15) is 10.7 Å². The van der Waals surface area contributed by atoms with Crippen LogP contribution in [0.25, 0.3) is 0 Å². The topological polar surface area (TPSA) is 106 Å². The van der Waals surface area contributed by atoms with Crippen LogP contribution in [-0.4, -0.2) is 45.3 Å². The SMILES string of the molecule is CCOC(=O)c1ccc(CNC(=O)c2cc(S(=O)(=O)N(C)C)c(Cl)cc2Cl)o1. The normalized spacial score (nSPS) is 11.5. The largest absolute Gasteiger partial charge is 0.460 e. The van der Waals surface area contributed by atoms with E-state index in [1.54, 1.807) is 6.92 Å². The lowest BCUT2D eigenvalue weighted by Gasteiger charge is -2.14. The summed E-state index contributed by atoms with van der Waals surface area (Å²) in [6, 6.07) is 5.25. The molecular weight excluding hydrogens is 431 g/mol. The second kappa shape index (κ2) is 8.95. The van der Waals surface area contributed by atoms with E-state index in [1.165, 1.54) is 32.3 Å². The van der Waals surface area contributed by atoms with Gasteiger partial charge < -0.3 is 14.5 Å². The fourth-order valence-electron chi connectivity index (χ4n) is 2.14. The van der Waals surface area contributed by atoms with Crippen LogP contribution in [0.3, 0.4) is 0 Å². The van der Waals surface area contributed by atoms with E-state index in [-0.39, 0.29) is 39.4 Å². The summed E-state index contributed by atoms with van der Waals surface area (Å²) in [5.74, 6) is -0.928. The zero-order chi connectivity index (χ0) is 21.1. The minimum atomic E-state index is -3.87. The van der Waals surface area contributed by atoms with Gasteiger partial charge in [0, 0.05) is 14.1 Å². The van der Waals surface area contributed by atoms with Crippen molar-refractivity contribution >= 4 is 45.1 Å². The Morgan fingerprint density at radius 1 is 1.18 bits per heavy atom. The highest BCUT2D eigenvalue weighted by Gasteiger charge is 2.24. The third kappa shape index (κ3) is 4.85. The van der Waals surface area contributed by atoms with Gasteiger partial charge in [0.25, 0.3) is 5.91 Å². The van der Waals surface area contributed by atoms with E-state index in [2.05, 4.69) is 5.32 Å². The van der Waals surface area contributed by atoms with E-state index < -0.39 is 21.9 Å². The summed E-state index contributed by atoms with van der Waals surface area (Å²) in [4.78, 5) is 23.8. The number of ether oxygens (including phenoxy) is 1. The number of amides is 1. The minimum Gasteiger partial charge on any atom is -0.460 e. The van der Waals surface area contributed by atoms with Gasteiger partial charge in [0.2, 0.25) is 15.8 Å². The molecule has 0 bridgehead atoms.